The lowest BCUT2D eigenvalue weighted by Crippen LogP contribution is -2.37. The molecule has 4 heteroatoms. The number of nitrogens with zero attached hydrogens (tertiary/aromatic N) is 2. The minimum absolute atomic E-state index is 0.0817. The van der Waals surface area contributed by atoms with Gasteiger partial charge >= 0.3 is 0 Å². The predicted molar refractivity (Wildman–Crippen MR) is 38.2 cm³/mol. The number of amides is 1. The van der Waals surface area contributed by atoms with Crippen molar-refractivity contribution in [3.63, 3.8) is 0 Å². The molecule has 1 aliphatic rings. The van der Waals surface area contributed by atoms with Crippen molar-refractivity contribution in [2.45, 2.75) is 6.92 Å². The molecule has 0 saturated heterocycles. The summed E-state index contributed by atoms with van der Waals surface area (Å²) in [5.74, 6) is -0.0817. The van der Waals surface area contributed by atoms with Crippen LogP contribution < -0.4 is 5.43 Å². The largest absolute Gasteiger partial charge is 0.274 e. The average molecular weight is 139 g/mol. The van der Waals surface area contributed by atoms with E-state index in [0.717, 1.165) is 0 Å². The first kappa shape index (κ1) is 6.80. The van der Waals surface area contributed by atoms with Gasteiger partial charge in [0.25, 0.3) is 0 Å². The van der Waals surface area contributed by atoms with Crippen molar-refractivity contribution in [3.05, 3.63) is 12.3 Å². The quantitative estimate of drug-likeness (QED) is 0.551. The van der Waals surface area contributed by atoms with E-state index in [1.807, 2.05) is 0 Å². The maximum Gasteiger partial charge on any atom is 0.235 e. The fourth-order valence-electron chi connectivity index (χ4n) is 0.660. The lowest BCUT2D eigenvalue weighted by molar-refractivity contribution is -0.122. The molecule has 0 spiro atoms. The molecule has 0 unspecified atom stereocenters. The third-order valence-corrected chi connectivity index (χ3v) is 0.993. The normalized spacial score (nSPS) is 15.5. The molecule has 1 rings (SSSR count). The number of hydrazine groups is 1. The van der Waals surface area contributed by atoms with E-state index in [9.17, 15) is 4.79 Å². The van der Waals surface area contributed by atoms with Crippen LogP contribution in [0.4, 0.5) is 0 Å². The van der Waals surface area contributed by atoms with E-state index in [4.69, 9.17) is 0 Å². The molecule has 10 heavy (non-hydrogen) atoms. The zero-order chi connectivity index (χ0) is 7.40. The van der Waals surface area contributed by atoms with Crippen molar-refractivity contribution in [3.8, 4) is 0 Å². The first-order valence-electron chi connectivity index (χ1n) is 2.99. The van der Waals surface area contributed by atoms with Crippen LogP contribution in [0.25, 0.3) is 0 Å². The number of carbonyl (C=O) groups excluding carboxylic acids is 1. The average Bonchev–Trinajstić information content (AvgIpc) is 1.88. The number of carbonyl (C=O) groups is 1. The zero-order valence-corrected chi connectivity index (χ0v) is 5.74. The van der Waals surface area contributed by atoms with Gasteiger partial charge < -0.3 is 0 Å². The van der Waals surface area contributed by atoms with E-state index >= 15 is 0 Å². The summed E-state index contributed by atoms with van der Waals surface area (Å²) in [5.41, 5.74) is 2.58. The molecule has 0 fully saturated rings. The topological polar surface area (TPSA) is 44.7 Å². The molecular weight excluding hydrogens is 130 g/mol. The van der Waals surface area contributed by atoms with E-state index in [2.05, 4.69) is 10.4 Å². The first-order valence-corrected chi connectivity index (χ1v) is 2.99. The van der Waals surface area contributed by atoms with Crippen LogP contribution in [-0.2, 0) is 4.79 Å². The van der Waals surface area contributed by atoms with Crippen molar-refractivity contribution in [2.75, 3.05) is 6.67 Å². The molecule has 0 aromatic carbocycles. The molecule has 1 heterocycles. The van der Waals surface area contributed by atoms with Gasteiger partial charge in [-0.25, -0.2) is 0 Å². The van der Waals surface area contributed by atoms with Crippen molar-refractivity contribution in [1.29, 1.82) is 0 Å². The van der Waals surface area contributed by atoms with Gasteiger partial charge in [-0.05, 0) is 6.08 Å². The molecular formula is C6H9N3O. The van der Waals surface area contributed by atoms with Crippen molar-refractivity contribution in [2.24, 2.45) is 4.99 Å². The van der Waals surface area contributed by atoms with Crippen LogP contribution >= 0.6 is 0 Å². The maximum absolute atomic E-state index is 10.5. The van der Waals surface area contributed by atoms with Crippen LogP contribution in [0.2, 0.25) is 0 Å². The van der Waals surface area contributed by atoms with Crippen LogP contribution in [0, 0.1) is 0 Å². The highest BCUT2D eigenvalue weighted by Crippen LogP contribution is 1.89. The third-order valence-electron chi connectivity index (χ3n) is 0.993. The highest BCUT2D eigenvalue weighted by Gasteiger charge is 1.99. The molecule has 1 N–H and O–H groups in total. The molecule has 0 aromatic rings. The molecule has 0 radical (unpaired) electrons. The van der Waals surface area contributed by atoms with Gasteiger partial charge in [0.05, 0.1) is 0 Å². The minimum atomic E-state index is -0.0817. The summed E-state index contributed by atoms with van der Waals surface area (Å²) in [6.45, 7) is 1.96. The summed E-state index contributed by atoms with van der Waals surface area (Å²) in [7, 11) is 0. The van der Waals surface area contributed by atoms with Crippen molar-refractivity contribution in [1.82, 2.24) is 10.4 Å². The third kappa shape index (κ3) is 1.89. The second kappa shape index (κ2) is 3.00. The van der Waals surface area contributed by atoms with Gasteiger partial charge in [-0.2, -0.15) is 0 Å². The van der Waals surface area contributed by atoms with Crippen LogP contribution in [0.3, 0.4) is 0 Å². The summed E-state index contributed by atoms with van der Waals surface area (Å²) in [6.07, 6.45) is 5.21. The van der Waals surface area contributed by atoms with Gasteiger partial charge in [0, 0.05) is 19.3 Å². The predicted octanol–water partition coefficient (Wildman–Crippen LogP) is -0.105. The molecule has 54 valence electrons. The van der Waals surface area contributed by atoms with Gasteiger partial charge in [-0.15, -0.1) is 0 Å². The number of allylic oxidation sites excluding steroid dienone is 1. The zero-order valence-electron chi connectivity index (χ0n) is 5.74. The van der Waals surface area contributed by atoms with Gasteiger partial charge in [0.15, 0.2) is 0 Å². The smallest absolute Gasteiger partial charge is 0.235 e. The van der Waals surface area contributed by atoms with E-state index in [-0.39, 0.29) is 5.91 Å². The monoisotopic (exact) mass is 139 g/mol. The lowest BCUT2D eigenvalue weighted by Gasteiger charge is -2.18. The van der Waals surface area contributed by atoms with Crippen LogP contribution in [-0.4, -0.2) is 23.8 Å². The second-order valence-electron chi connectivity index (χ2n) is 1.95. The number of rotatable bonds is 1. The van der Waals surface area contributed by atoms with Gasteiger partial charge in [0.2, 0.25) is 5.91 Å². The Kier molecular flexibility index (Phi) is 2.04. The Morgan fingerprint density at radius 1 is 1.80 bits per heavy atom. The Labute approximate surface area is 59.2 Å². The number of hydrogen-bond donors (Lipinski definition) is 1. The fourth-order valence-corrected chi connectivity index (χ4v) is 0.660. The first-order chi connectivity index (χ1) is 4.79. The Balaban J connectivity index is 2.37. The SMILES string of the molecule is CC(=O)NN1C=CC=NC1. The molecule has 4 nitrogen and oxygen atoms in total. The summed E-state index contributed by atoms with van der Waals surface area (Å²) in [4.78, 5) is 14.4. The summed E-state index contributed by atoms with van der Waals surface area (Å²) in [6, 6.07) is 0. The molecule has 1 amide bonds. The highest BCUT2D eigenvalue weighted by atomic mass is 16.2. The Morgan fingerprint density at radius 2 is 2.60 bits per heavy atom. The molecule has 0 aliphatic carbocycles. The van der Waals surface area contributed by atoms with Crippen molar-refractivity contribution >= 4 is 12.1 Å². The van der Waals surface area contributed by atoms with Gasteiger partial charge in [-0.1, -0.05) is 0 Å². The molecule has 0 bridgehead atoms. The summed E-state index contributed by atoms with van der Waals surface area (Å²) >= 11 is 0. The van der Waals surface area contributed by atoms with Gasteiger partial charge in [-0.3, -0.25) is 20.2 Å². The Hall–Kier alpha value is -1.32. The van der Waals surface area contributed by atoms with E-state index < -0.39 is 0 Å². The maximum atomic E-state index is 10.5. The van der Waals surface area contributed by atoms with E-state index in [1.54, 1.807) is 23.5 Å². The standard InChI is InChI=1S/C6H9N3O/c1-6(10)8-9-4-2-3-7-5-9/h2-4H,5H2,1H3,(H,8,10). The van der Waals surface area contributed by atoms with Crippen LogP contribution in [0.1, 0.15) is 6.92 Å². The van der Waals surface area contributed by atoms with Crippen molar-refractivity contribution < 1.29 is 4.79 Å². The van der Waals surface area contributed by atoms with Gasteiger partial charge in [0.1, 0.15) is 6.67 Å². The van der Waals surface area contributed by atoms with Crippen LogP contribution in [0.5, 0.6) is 0 Å². The summed E-state index contributed by atoms with van der Waals surface area (Å²) < 4.78 is 0. The highest BCUT2D eigenvalue weighted by molar-refractivity contribution is 5.74. The lowest BCUT2D eigenvalue weighted by atomic mass is 10.6. The second-order valence-corrected chi connectivity index (χ2v) is 1.95. The number of hydrogen-bond acceptors (Lipinski definition) is 3. The van der Waals surface area contributed by atoms with E-state index in [1.165, 1.54) is 6.92 Å². The van der Waals surface area contributed by atoms with E-state index in [0.29, 0.717) is 6.67 Å². The molecule has 1 aliphatic heterocycles. The Bertz CT molecular complexity index is 185. The molecule has 0 aromatic heterocycles. The Morgan fingerprint density at radius 3 is 3.10 bits per heavy atom. The number of nitrogens with one attached hydrogen (secondary N) is 1. The molecule has 0 saturated carbocycles. The fraction of sp³-hybridized carbons (Fsp3) is 0.333. The molecule has 0 atom stereocenters. The van der Waals surface area contributed by atoms with Crippen LogP contribution in [0.15, 0.2) is 17.3 Å². The number of aliphatic imine (C=N–C) groups is 1. The summed E-state index contributed by atoms with van der Waals surface area (Å²) in [5, 5.41) is 1.61. The minimum Gasteiger partial charge on any atom is -0.274 e.